The molecule has 0 bridgehead atoms. The zero-order valence-electron chi connectivity index (χ0n) is 10.3. The Balaban J connectivity index is 2.55. The van der Waals surface area contributed by atoms with E-state index in [4.69, 9.17) is 4.42 Å². The van der Waals surface area contributed by atoms with Crippen LogP contribution in [0.5, 0.6) is 0 Å². The summed E-state index contributed by atoms with van der Waals surface area (Å²) >= 11 is 0. The minimum Gasteiger partial charge on any atom is -0.464 e. The van der Waals surface area contributed by atoms with Gasteiger partial charge in [-0.15, -0.1) is 0 Å². The fourth-order valence-corrected chi connectivity index (χ4v) is 2.17. The lowest BCUT2D eigenvalue weighted by molar-refractivity contribution is 0.0288. The molecule has 0 aliphatic carbocycles. The molecule has 0 aliphatic heterocycles. The zero-order chi connectivity index (χ0) is 12.3. The Labute approximate surface area is 102 Å². The molecule has 0 amide bonds. The second-order valence-corrected chi connectivity index (χ2v) is 4.26. The van der Waals surface area contributed by atoms with Gasteiger partial charge in [-0.2, -0.15) is 0 Å². The van der Waals surface area contributed by atoms with E-state index in [9.17, 15) is 5.11 Å². The number of hydrogen-bond donors (Lipinski definition) is 1. The molecule has 1 heterocycles. The van der Waals surface area contributed by atoms with Crippen molar-refractivity contribution in [2.24, 2.45) is 0 Å². The van der Waals surface area contributed by atoms with Gasteiger partial charge in [-0.3, -0.25) is 0 Å². The average Bonchev–Trinajstić information content (AvgIpc) is 2.92. The molecule has 0 atom stereocenters. The summed E-state index contributed by atoms with van der Waals surface area (Å²) in [4.78, 5) is 0. The van der Waals surface area contributed by atoms with Gasteiger partial charge in [0.05, 0.1) is 11.9 Å². The zero-order valence-corrected chi connectivity index (χ0v) is 10.3. The van der Waals surface area contributed by atoms with E-state index in [1.807, 2.05) is 50.2 Å². The van der Waals surface area contributed by atoms with Crippen molar-refractivity contribution in [3.63, 3.8) is 0 Å². The number of furan rings is 1. The average molecular weight is 230 g/mol. The third kappa shape index (κ3) is 2.13. The van der Waals surface area contributed by atoms with E-state index >= 15 is 0 Å². The second kappa shape index (κ2) is 4.76. The summed E-state index contributed by atoms with van der Waals surface area (Å²) in [7, 11) is 0. The Morgan fingerprint density at radius 3 is 2.35 bits per heavy atom. The van der Waals surface area contributed by atoms with Crippen LogP contribution in [0.25, 0.3) is 11.3 Å². The van der Waals surface area contributed by atoms with Crippen molar-refractivity contribution in [2.45, 2.75) is 32.3 Å². The van der Waals surface area contributed by atoms with Crippen LogP contribution in [0.4, 0.5) is 0 Å². The maximum absolute atomic E-state index is 10.6. The lowest BCUT2D eigenvalue weighted by Gasteiger charge is -2.27. The molecule has 2 aromatic rings. The molecular formula is C15H18O2. The standard InChI is InChI=1S/C15H18O2/c1-3-15(16,4-2)13-9-6-5-8-12(13)14-10-7-11-17-14/h5-11,16H,3-4H2,1-2H3. The highest BCUT2D eigenvalue weighted by Gasteiger charge is 2.28. The Bertz CT molecular complexity index is 467. The number of rotatable bonds is 4. The van der Waals surface area contributed by atoms with Crippen molar-refractivity contribution in [1.29, 1.82) is 0 Å². The predicted octanol–water partition coefficient (Wildman–Crippen LogP) is 3.95. The van der Waals surface area contributed by atoms with E-state index in [0.717, 1.165) is 16.9 Å². The monoisotopic (exact) mass is 230 g/mol. The summed E-state index contributed by atoms with van der Waals surface area (Å²) in [6.07, 6.45) is 3.05. The van der Waals surface area contributed by atoms with E-state index in [1.165, 1.54) is 0 Å². The van der Waals surface area contributed by atoms with Gasteiger partial charge in [0.1, 0.15) is 5.76 Å². The molecule has 0 unspecified atom stereocenters. The summed E-state index contributed by atoms with van der Waals surface area (Å²) in [5, 5.41) is 10.6. The molecule has 1 aromatic heterocycles. The molecule has 2 heteroatoms. The summed E-state index contributed by atoms with van der Waals surface area (Å²) in [6, 6.07) is 11.7. The van der Waals surface area contributed by atoms with Crippen molar-refractivity contribution in [2.75, 3.05) is 0 Å². The van der Waals surface area contributed by atoms with Gasteiger partial charge in [0.25, 0.3) is 0 Å². The molecular weight excluding hydrogens is 212 g/mol. The molecule has 2 nitrogen and oxygen atoms in total. The Hall–Kier alpha value is -1.54. The van der Waals surface area contributed by atoms with Crippen LogP contribution in [-0.2, 0) is 5.60 Å². The highest BCUT2D eigenvalue weighted by Crippen LogP contribution is 2.36. The normalized spacial score (nSPS) is 11.7. The van der Waals surface area contributed by atoms with Crippen LogP contribution in [-0.4, -0.2) is 5.11 Å². The SMILES string of the molecule is CCC(O)(CC)c1ccccc1-c1ccco1. The highest BCUT2D eigenvalue weighted by atomic mass is 16.3. The van der Waals surface area contributed by atoms with Crippen molar-refractivity contribution in [3.05, 3.63) is 48.2 Å². The van der Waals surface area contributed by atoms with Gasteiger partial charge in [-0.05, 0) is 30.5 Å². The second-order valence-electron chi connectivity index (χ2n) is 4.26. The van der Waals surface area contributed by atoms with Crippen molar-refractivity contribution in [1.82, 2.24) is 0 Å². The topological polar surface area (TPSA) is 33.4 Å². The van der Waals surface area contributed by atoms with Gasteiger partial charge < -0.3 is 9.52 Å². The molecule has 0 fully saturated rings. The Morgan fingerprint density at radius 1 is 1.06 bits per heavy atom. The minimum atomic E-state index is -0.774. The van der Waals surface area contributed by atoms with Crippen LogP contribution < -0.4 is 0 Å². The Morgan fingerprint density at radius 2 is 1.76 bits per heavy atom. The maximum Gasteiger partial charge on any atom is 0.134 e. The van der Waals surface area contributed by atoms with Crippen LogP contribution >= 0.6 is 0 Å². The van der Waals surface area contributed by atoms with Gasteiger partial charge in [0.2, 0.25) is 0 Å². The van der Waals surface area contributed by atoms with Crippen LogP contribution in [0.1, 0.15) is 32.3 Å². The fourth-order valence-electron chi connectivity index (χ4n) is 2.17. The maximum atomic E-state index is 10.6. The first-order valence-electron chi connectivity index (χ1n) is 6.07. The largest absolute Gasteiger partial charge is 0.464 e. The van der Waals surface area contributed by atoms with Gasteiger partial charge in [0, 0.05) is 5.56 Å². The van der Waals surface area contributed by atoms with E-state index in [-0.39, 0.29) is 0 Å². The Kier molecular flexibility index (Phi) is 3.34. The summed E-state index contributed by atoms with van der Waals surface area (Å²) in [5.74, 6) is 0.806. The summed E-state index contributed by atoms with van der Waals surface area (Å²) in [6.45, 7) is 4.00. The first-order chi connectivity index (χ1) is 8.21. The lowest BCUT2D eigenvalue weighted by Crippen LogP contribution is -2.24. The van der Waals surface area contributed by atoms with E-state index < -0.39 is 5.60 Å². The quantitative estimate of drug-likeness (QED) is 0.862. The van der Waals surface area contributed by atoms with Gasteiger partial charge in [-0.25, -0.2) is 0 Å². The number of hydrogen-bond acceptors (Lipinski definition) is 2. The molecule has 0 spiro atoms. The molecule has 0 saturated heterocycles. The summed E-state index contributed by atoms with van der Waals surface area (Å²) in [5.41, 5.74) is 1.15. The molecule has 0 radical (unpaired) electrons. The summed E-state index contributed by atoms with van der Waals surface area (Å²) < 4.78 is 5.43. The van der Waals surface area contributed by atoms with E-state index in [0.29, 0.717) is 12.8 Å². The van der Waals surface area contributed by atoms with Crippen LogP contribution in [0.2, 0.25) is 0 Å². The molecule has 17 heavy (non-hydrogen) atoms. The van der Waals surface area contributed by atoms with Crippen LogP contribution in [0.15, 0.2) is 47.1 Å². The third-order valence-electron chi connectivity index (χ3n) is 3.38. The van der Waals surface area contributed by atoms with Crippen LogP contribution in [0, 0.1) is 0 Å². The van der Waals surface area contributed by atoms with Gasteiger partial charge >= 0.3 is 0 Å². The molecule has 90 valence electrons. The van der Waals surface area contributed by atoms with Crippen molar-refractivity contribution < 1.29 is 9.52 Å². The van der Waals surface area contributed by atoms with Crippen LogP contribution in [0.3, 0.4) is 0 Å². The smallest absolute Gasteiger partial charge is 0.134 e. The number of benzene rings is 1. The van der Waals surface area contributed by atoms with Gasteiger partial charge in [-0.1, -0.05) is 38.1 Å². The lowest BCUT2D eigenvalue weighted by atomic mass is 9.85. The van der Waals surface area contributed by atoms with E-state index in [1.54, 1.807) is 6.26 Å². The minimum absolute atomic E-state index is 0.696. The molecule has 0 aliphatic rings. The molecule has 0 saturated carbocycles. The van der Waals surface area contributed by atoms with Gasteiger partial charge in [0.15, 0.2) is 0 Å². The first kappa shape index (κ1) is 11.9. The molecule has 2 rings (SSSR count). The number of aliphatic hydroxyl groups is 1. The van der Waals surface area contributed by atoms with E-state index in [2.05, 4.69) is 0 Å². The highest BCUT2D eigenvalue weighted by molar-refractivity contribution is 5.63. The van der Waals surface area contributed by atoms with Crippen molar-refractivity contribution >= 4 is 0 Å². The molecule has 1 N–H and O–H groups in total. The predicted molar refractivity (Wildman–Crippen MR) is 68.6 cm³/mol. The first-order valence-corrected chi connectivity index (χ1v) is 6.07. The fraction of sp³-hybridized carbons (Fsp3) is 0.333. The molecule has 1 aromatic carbocycles. The van der Waals surface area contributed by atoms with Crippen molar-refractivity contribution in [3.8, 4) is 11.3 Å². The third-order valence-corrected chi connectivity index (χ3v) is 3.38.